The molecule has 10 heteroatoms. The van der Waals surface area contributed by atoms with Crippen LogP contribution < -0.4 is 10.6 Å². The van der Waals surface area contributed by atoms with Crippen LogP contribution in [0.3, 0.4) is 0 Å². The lowest BCUT2D eigenvalue weighted by molar-refractivity contribution is -0.141. The van der Waals surface area contributed by atoms with Crippen molar-refractivity contribution in [2.45, 2.75) is 36.9 Å². The topological polar surface area (TPSA) is 156 Å². The van der Waals surface area contributed by atoms with Crippen molar-refractivity contribution in [2.24, 2.45) is 0 Å². The van der Waals surface area contributed by atoms with Crippen molar-refractivity contribution in [3.63, 3.8) is 0 Å². The van der Waals surface area contributed by atoms with Gasteiger partial charge in [0.25, 0.3) is 0 Å². The maximum absolute atomic E-state index is 11.1. The van der Waals surface area contributed by atoms with Crippen LogP contribution in [0, 0.1) is 0 Å². The minimum absolute atomic E-state index is 0.0681. The number of amides is 1. The van der Waals surface area contributed by atoms with E-state index in [1.54, 1.807) is 6.07 Å². The van der Waals surface area contributed by atoms with E-state index in [2.05, 4.69) is 10.6 Å². The third-order valence-corrected chi connectivity index (χ3v) is 4.89. The second-order valence-electron chi connectivity index (χ2n) is 5.59. The smallest absolute Gasteiger partial charge is 0.327 e. The van der Waals surface area contributed by atoms with E-state index in [1.807, 2.05) is 0 Å². The van der Waals surface area contributed by atoms with E-state index < -0.39 is 35.7 Å². The predicted octanol–water partition coefficient (Wildman–Crippen LogP) is -0.122. The first-order valence-corrected chi connectivity index (χ1v) is 8.34. The number of carbonyl (C=O) groups is 3. The summed E-state index contributed by atoms with van der Waals surface area (Å²) in [5.41, 5.74) is 0.978. The van der Waals surface area contributed by atoms with Crippen LogP contribution >= 0.6 is 11.8 Å². The van der Waals surface area contributed by atoms with Crippen molar-refractivity contribution in [2.75, 3.05) is 5.75 Å². The molecule has 9 nitrogen and oxygen atoms in total. The highest BCUT2D eigenvalue weighted by Crippen LogP contribution is 2.42. The van der Waals surface area contributed by atoms with E-state index >= 15 is 0 Å². The molecule has 0 aliphatic carbocycles. The summed E-state index contributed by atoms with van der Waals surface area (Å²) in [7, 11) is 0. The van der Waals surface area contributed by atoms with E-state index in [4.69, 9.17) is 10.2 Å². The van der Waals surface area contributed by atoms with Gasteiger partial charge in [0.2, 0.25) is 5.91 Å². The largest absolute Gasteiger partial charge is 0.504 e. The minimum Gasteiger partial charge on any atom is -0.504 e. The molecule has 136 valence electrons. The van der Waals surface area contributed by atoms with E-state index in [9.17, 15) is 24.6 Å². The fourth-order valence-electron chi connectivity index (χ4n) is 2.50. The fraction of sp³-hybridized carbons (Fsp3) is 0.400. The number of aliphatic carboxylic acids is 2. The molecular formula is C15H18N2O7S. The van der Waals surface area contributed by atoms with Crippen LogP contribution in [0.1, 0.15) is 18.1 Å². The third-order valence-electron chi connectivity index (χ3n) is 3.76. The summed E-state index contributed by atoms with van der Waals surface area (Å²) < 4.78 is 0. The number of hydrogen-bond acceptors (Lipinski definition) is 7. The highest BCUT2D eigenvalue weighted by Gasteiger charge is 2.28. The zero-order chi connectivity index (χ0) is 18.7. The number of carboxylic acids is 2. The summed E-state index contributed by atoms with van der Waals surface area (Å²) in [4.78, 5) is 33.5. The molecule has 2 rings (SSSR count). The highest BCUT2D eigenvalue weighted by atomic mass is 32.2. The molecule has 1 aliphatic rings. The Morgan fingerprint density at radius 1 is 1.32 bits per heavy atom. The number of thioether (sulfide) groups is 1. The Morgan fingerprint density at radius 3 is 2.56 bits per heavy atom. The van der Waals surface area contributed by atoms with Crippen LogP contribution in [0.15, 0.2) is 11.0 Å². The number of carboxylic acid groups (broad SMARTS) is 2. The van der Waals surface area contributed by atoms with E-state index in [0.29, 0.717) is 11.1 Å². The van der Waals surface area contributed by atoms with Crippen LogP contribution in [0.25, 0.3) is 0 Å². The van der Waals surface area contributed by atoms with E-state index in [0.717, 1.165) is 11.8 Å². The molecule has 2 atom stereocenters. The quantitative estimate of drug-likeness (QED) is 0.297. The van der Waals surface area contributed by atoms with E-state index in [1.165, 1.54) is 6.92 Å². The summed E-state index contributed by atoms with van der Waals surface area (Å²) in [5.74, 6) is -3.57. The van der Waals surface area contributed by atoms with Gasteiger partial charge >= 0.3 is 11.9 Å². The number of carbonyl (C=O) groups excluding carboxylic acids is 1. The van der Waals surface area contributed by atoms with Crippen molar-refractivity contribution in [3.05, 3.63) is 17.2 Å². The summed E-state index contributed by atoms with van der Waals surface area (Å²) in [6.45, 7) is 1.29. The number of hydrogen-bond donors (Lipinski definition) is 6. The van der Waals surface area contributed by atoms with Gasteiger partial charge in [-0.1, -0.05) is 0 Å². The molecule has 1 aromatic rings. The Bertz CT molecular complexity index is 722. The first-order chi connectivity index (χ1) is 11.7. The lowest BCUT2D eigenvalue weighted by Gasteiger charge is -2.25. The Hall–Kier alpha value is -2.46. The van der Waals surface area contributed by atoms with Crippen LogP contribution in [-0.2, 0) is 27.3 Å². The SMILES string of the molecule is CC(=O)N[C@H](CSc1cc2c(c(O)c1O)CN[C@H](C(=O)O)C2)C(=O)O. The monoisotopic (exact) mass is 370 g/mol. The Labute approximate surface area is 147 Å². The number of fused-ring (bicyclic) bond motifs is 1. The maximum Gasteiger partial charge on any atom is 0.327 e. The minimum atomic E-state index is -1.22. The number of rotatable bonds is 6. The molecule has 1 aliphatic heterocycles. The van der Waals surface area contributed by atoms with Gasteiger partial charge in [0.1, 0.15) is 12.1 Å². The van der Waals surface area contributed by atoms with Crippen LogP contribution in [0.4, 0.5) is 0 Å². The van der Waals surface area contributed by atoms with Gasteiger partial charge in [-0.3, -0.25) is 14.9 Å². The fourth-order valence-corrected chi connectivity index (χ4v) is 3.53. The average molecular weight is 370 g/mol. The molecule has 0 radical (unpaired) electrons. The molecule has 1 amide bonds. The molecular weight excluding hydrogens is 352 g/mol. The maximum atomic E-state index is 11.1. The van der Waals surface area contributed by atoms with Crippen molar-refractivity contribution in [1.82, 2.24) is 10.6 Å². The van der Waals surface area contributed by atoms with Crippen molar-refractivity contribution in [1.29, 1.82) is 0 Å². The molecule has 6 N–H and O–H groups in total. The Kier molecular flexibility index (Phi) is 5.75. The van der Waals surface area contributed by atoms with Crippen LogP contribution in [-0.4, -0.2) is 56.1 Å². The zero-order valence-electron chi connectivity index (χ0n) is 13.3. The number of benzene rings is 1. The van der Waals surface area contributed by atoms with Crippen LogP contribution in [0.2, 0.25) is 0 Å². The summed E-state index contributed by atoms with van der Waals surface area (Å²) in [6.07, 6.45) is 0.125. The van der Waals surface area contributed by atoms with Gasteiger partial charge in [-0.2, -0.15) is 0 Å². The summed E-state index contributed by atoms with van der Waals surface area (Å²) in [6, 6.07) is -0.424. The summed E-state index contributed by atoms with van der Waals surface area (Å²) in [5, 5.41) is 43.5. The van der Waals surface area contributed by atoms with Crippen LogP contribution in [0.5, 0.6) is 11.5 Å². The van der Waals surface area contributed by atoms with Gasteiger partial charge in [0, 0.05) is 24.8 Å². The third kappa shape index (κ3) is 4.34. The van der Waals surface area contributed by atoms with Gasteiger partial charge in [-0.25, -0.2) is 4.79 Å². The van der Waals surface area contributed by atoms with Crippen molar-refractivity contribution >= 4 is 29.6 Å². The second-order valence-corrected chi connectivity index (χ2v) is 6.65. The van der Waals surface area contributed by atoms with Crippen molar-refractivity contribution < 1.29 is 34.8 Å². The molecule has 0 saturated carbocycles. The first-order valence-electron chi connectivity index (χ1n) is 7.36. The molecule has 1 heterocycles. The molecule has 0 aromatic heterocycles. The molecule has 0 saturated heterocycles. The van der Waals surface area contributed by atoms with Gasteiger partial charge in [0.15, 0.2) is 11.5 Å². The molecule has 25 heavy (non-hydrogen) atoms. The molecule has 0 bridgehead atoms. The molecule has 0 spiro atoms. The number of nitrogens with one attached hydrogen (secondary N) is 2. The normalized spacial score (nSPS) is 17.4. The van der Waals surface area contributed by atoms with Gasteiger partial charge < -0.3 is 25.7 Å². The highest BCUT2D eigenvalue weighted by molar-refractivity contribution is 7.99. The summed E-state index contributed by atoms with van der Waals surface area (Å²) >= 11 is 0.949. The molecule has 0 fully saturated rings. The zero-order valence-corrected chi connectivity index (χ0v) is 14.1. The number of phenols is 2. The molecule has 1 aromatic carbocycles. The lowest BCUT2D eigenvalue weighted by Crippen LogP contribution is -2.41. The standard InChI is InChI=1S/C15H18N2O7S/c1-6(18)17-10(15(23)24)5-25-11-3-7-2-9(14(21)22)16-4-8(7)12(19)13(11)20/h3,9-10,16,19-20H,2,4-5H2,1H3,(H,17,18)(H,21,22)(H,23,24)/t9-,10+/m0/s1. The average Bonchev–Trinajstić information content (AvgIpc) is 2.54. The second kappa shape index (κ2) is 7.62. The first kappa shape index (κ1) is 18.9. The Morgan fingerprint density at radius 2 is 2.00 bits per heavy atom. The van der Waals surface area contributed by atoms with E-state index in [-0.39, 0.29) is 29.4 Å². The lowest BCUT2D eigenvalue weighted by atomic mass is 9.94. The predicted molar refractivity (Wildman–Crippen MR) is 87.7 cm³/mol. The van der Waals surface area contributed by atoms with Gasteiger partial charge in [-0.15, -0.1) is 11.8 Å². The van der Waals surface area contributed by atoms with Gasteiger partial charge in [-0.05, 0) is 18.1 Å². The molecule has 0 unspecified atom stereocenters. The Balaban J connectivity index is 2.23. The van der Waals surface area contributed by atoms with Gasteiger partial charge in [0.05, 0.1) is 4.90 Å². The number of aromatic hydroxyl groups is 2. The van der Waals surface area contributed by atoms with Crippen molar-refractivity contribution in [3.8, 4) is 11.5 Å². The number of phenolic OH excluding ortho intramolecular Hbond substituents is 2.